The maximum absolute atomic E-state index is 13.1. The van der Waals surface area contributed by atoms with E-state index in [1.807, 2.05) is 20.2 Å². The zero-order valence-electron chi connectivity index (χ0n) is 11.4. The van der Waals surface area contributed by atoms with Crippen molar-refractivity contribution in [2.45, 2.75) is 25.5 Å². The second-order valence-electron chi connectivity index (χ2n) is 4.63. The Morgan fingerprint density at radius 2 is 2.25 bits per heavy atom. The number of aryl methyl sites for hydroxylation is 1. The van der Waals surface area contributed by atoms with Crippen LogP contribution in [0.5, 0.6) is 5.75 Å². The van der Waals surface area contributed by atoms with E-state index in [-0.39, 0.29) is 18.0 Å². The number of benzene rings is 1. The second kappa shape index (κ2) is 6.37. The van der Waals surface area contributed by atoms with Gasteiger partial charge in [0.1, 0.15) is 17.7 Å². The molecule has 0 fully saturated rings. The SMILES string of the molecule is CCC(N)C(Oc1ccc(F)cc1Br)c1cnn(C)c1. The first-order valence-electron chi connectivity index (χ1n) is 6.37. The largest absolute Gasteiger partial charge is 0.483 e. The molecule has 4 nitrogen and oxygen atoms in total. The van der Waals surface area contributed by atoms with E-state index in [4.69, 9.17) is 10.5 Å². The van der Waals surface area contributed by atoms with Gasteiger partial charge in [-0.15, -0.1) is 0 Å². The molecule has 20 heavy (non-hydrogen) atoms. The summed E-state index contributed by atoms with van der Waals surface area (Å²) in [4.78, 5) is 0. The van der Waals surface area contributed by atoms with Gasteiger partial charge in [-0.2, -0.15) is 5.10 Å². The van der Waals surface area contributed by atoms with Crippen molar-refractivity contribution in [3.05, 3.63) is 46.4 Å². The molecule has 1 aromatic carbocycles. The third kappa shape index (κ3) is 3.37. The first-order valence-corrected chi connectivity index (χ1v) is 7.16. The smallest absolute Gasteiger partial charge is 0.142 e. The maximum atomic E-state index is 13.1. The van der Waals surface area contributed by atoms with Crippen molar-refractivity contribution in [1.29, 1.82) is 0 Å². The molecule has 0 saturated carbocycles. The summed E-state index contributed by atoms with van der Waals surface area (Å²) in [6.45, 7) is 2.00. The summed E-state index contributed by atoms with van der Waals surface area (Å²) in [5.74, 6) is 0.242. The fourth-order valence-electron chi connectivity index (χ4n) is 1.91. The van der Waals surface area contributed by atoms with Crippen LogP contribution in [0.4, 0.5) is 4.39 Å². The molecular weight excluding hydrogens is 325 g/mol. The molecule has 0 radical (unpaired) electrons. The van der Waals surface area contributed by atoms with Crippen molar-refractivity contribution >= 4 is 15.9 Å². The molecular formula is C14H17BrFN3O. The van der Waals surface area contributed by atoms with E-state index >= 15 is 0 Å². The predicted octanol–water partition coefficient (Wildman–Crippen LogP) is 3.18. The van der Waals surface area contributed by atoms with Crippen LogP contribution in [0.1, 0.15) is 25.0 Å². The Kier molecular flexibility index (Phi) is 4.77. The molecule has 2 unspecified atom stereocenters. The summed E-state index contributed by atoms with van der Waals surface area (Å²) in [5, 5.41) is 4.14. The number of aromatic nitrogens is 2. The lowest BCUT2D eigenvalue weighted by Crippen LogP contribution is -2.31. The van der Waals surface area contributed by atoms with Crippen molar-refractivity contribution in [1.82, 2.24) is 9.78 Å². The lowest BCUT2D eigenvalue weighted by Gasteiger charge is -2.24. The van der Waals surface area contributed by atoms with Gasteiger partial charge in [-0.1, -0.05) is 6.92 Å². The molecule has 2 aromatic rings. The summed E-state index contributed by atoms with van der Waals surface area (Å²) in [5.41, 5.74) is 7.04. The van der Waals surface area contributed by atoms with Gasteiger partial charge in [0.2, 0.25) is 0 Å². The van der Waals surface area contributed by atoms with E-state index in [1.165, 1.54) is 12.1 Å². The summed E-state index contributed by atoms with van der Waals surface area (Å²) in [6.07, 6.45) is 4.05. The predicted molar refractivity (Wildman–Crippen MR) is 78.9 cm³/mol. The molecule has 6 heteroatoms. The molecule has 0 aliphatic rings. The number of halogens is 2. The van der Waals surface area contributed by atoms with E-state index < -0.39 is 0 Å². The van der Waals surface area contributed by atoms with Crippen molar-refractivity contribution in [3.8, 4) is 5.75 Å². The van der Waals surface area contributed by atoms with Crippen LogP contribution in [-0.2, 0) is 7.05 Å². The Balaban J connectivity index is 2.28. The average Bonchev–Trinajstić information content (AvgIpc) is 2.83. The lowest BCUT2D eigenvalue weighted by atomic mass is 10.0. The van der Waals surface area contributed by atoms with Crippen molar-refractivity contribution in [3.63, 3.8) is 0 Å². The zero-order chi connectivity index (χ0) is 14.7. The average molecular weight is 342 g/mol. The van der Waals surface area contributed by atoms with Gasteiger partial charge in [0.05, 0.1) is 10.7 Å². The summed E-state index contributed by atoms with van der Waals surface area (Å²) < 4.78 is 21.3. The standard InChI is InChI=1S/C14H17BrFN3O/c1-3-12(17)14(9-7-18-19(2)8-9)20-13-5-4-10(16)6-11(13)15/h4-8,12,14H,3,17H2,1-2H3. The van der Waals surface area contributed by atoms with Crippen LogP contribution in [0.15, 0.2) is 35.1 Å². The monoisotopic (exact) mass is 341 g/mol. The number of hydrogen-bond donors (Lipinski definition) is 1. The number of nitrogens with zero attached hydrogens (tertiary/aromatic N) is 2. The van der Waals surface area contributed by atoms with E-state index in [0.29, 0.717) is 10.2 Å². The number of ether oxygens (including phenoxy) is 1. The van der Waals surface area contributed by atoms with E-state index in [9.17, 15) is 4.39 Å². The van der Waals surface area contributed by atoms with Gasteiger partial charge in [0.15, 0.2) is 0 Å². The molecule has 0 aliphatic heterocycles. The van der Waals surface area contributed by atoms with Crippen LogP contribution in [0, 0.1) is 5.82 Å². The summed E-state index contributed by atoms with van der Waals surface area (Å²) in [6, 6.07) is 4.15. The van der Waals surface area contributed by atoms with Crippen LogP contribution < -0.4 is 10.5 Å². The molecule has 0 aliphatic carbocycles. The summed E-state index contributed by atoms with van der Waals surface area (Å²) in [7, 11) is 1.84. The van der Waals surface area contributed by atoms with Crippen LogP contribution in [0.2, 0.25) is 0 Å². The molecule has 2 atom stereocenters. The molecule has 0 bridgehead atoms. The van der Waals surface area contributed by atoms with Gasteiger partial charge in [-0.25, -0.2) is 4.39 Å². The molecule has 2 rings (SSSR count). The first-order chi connectivity index (χ1) is 9.51. The quantitative estimate of drug-likeness (QED) is 0.908. The van der Waals surface area contributed by atoms with Gasteiger partial charge in [0.25, 0.3) is 0 Å². The molecule has 0 amide bonds. The minimum absolute atomic E-state index is 0.170. The molecule has 0 spiro atoms. The molecule has 1 heterocycles. The third-order valence-corrected chi connectivity index (χ3v) is 3.68. The normalized spacial score (nSPS) is 14.1. The Morgan fingerprint density at radius 1 is 1.50 bits per heavy atom. The van der Waals surface area contributed by atoms with Crippen LogP contribution >= 0.6 is 15.9 Å². The number of nitrogens with two attached hydrogens (primary N) is 1. The van der Waals surface area contributed by atoms with Gasteiger partial charge < -0.3 is 10.5 Å². The minimum Gasteiger partial charge on any atom is -0.483 e. The van der Waals surface area contributed by atoms with E-state index in [0.717, 1.165) is 12.0 Å². The lowest BCUT2D eigenvalue weighted by molar-refractivity contribution is 0.169. The Labute approximate surface area is 125 Å². The number of rotatable bonds is 5. The second-order valence-corrected chi connectivity index (χ2v) is 5.49. The molecule has 108 valence electrons. The van der Waals surface area contributed by atoms with Gasteiger partial charge in [0, 0.05) is 24.8 Å². The zero-order valence-corrected chi connectivity index (χ0v) is 13.0. The molecule has 0 saturated heterocycles. The van der Waals surface area contributed by atoms with Crippen LogP contribution in [0.25, 0.3) is 0 Å². The Morgan fingerprint density at radius 3 is 2.80 bits per heavy atom. The van der Waals surface area contributed by atoms with Gasteiger partial charge in [-0.3, -0.25) is 4.68 Å². The Hall–Kier alpha value is -1.40. The van der Waals surface area contributed by atoms with Gasteiger partial charge >= 0.3 is 0 Å². The highest BCUT2D eigenvalue weighted by molar-refractivity contribution is 9.10. The highest BCUT2D eigenvalue weighted by Gasteiger charge is 2.23. The Bertz CT molecular complexity index is 588. The van der Waals surface area contributed by atoms with Crippen molar-refractivity contribution in [2.24, 2.45) is 12.8 Å². The summed E-state index contributed by atoms with van der Waals surface area (Å²) >= 11 is 3.30. The highest BCUT2D eigenvalue weighted by atomic mass is 79.9. The fourth-order valence-corrected chi connectivity index (χ4v) is 2.36. The molecule has 1 aromatic heterocycles. The highest BCUT2D eigenvalue weighted by Crippen LogP contribution is 2.31. The van der Waals surface area contributed by atoms with Crippen molar-refractivity contribution in [2.75, 3.05) is 0 Å². The first kappa shape index (κ1) is 15.0. The minimum atomic E-state index is -0.324. The van der Waals surface area contributed by atoms with Crippen LogP contribution in [-0.4, -0.2) is 15.8 Å². The molecule has 2 N–H and O–H groups in total. The maximum Gasteiger partial charge on any atom is 0.142 e. The van der Waals surface area contributed by atoms with Crippen molar-refractivity contribution < 1.29 is 9.13 Å². The van der Waals surface area contributed by atoms with Crippen LogP contribution in [0.3, 0.4) is 0 Å². The third-order valence-electron chi connectivity index (χ3n) is 3.06. The van der Waals surface area contributed by atoms with Gasteiger partial charge in [-0.05, 0) is 40.5 Å². The topological polar surface area (TPSA) is 53.1 Å². The van der Waals surface area contributed by atoms with E-state index in [2.05, 4.69) is 21.0 Å². The fraction of sp³-hybridized carbons (Fsp3) is 0.357. The van der Waals surface area contributed by atoms with E-state index in [1.54, 1.807) is 16.9 Å². The number of hydrogen-bond acceptors (Lipinski definition) is 3.